The fraction of sp³-hybridized carbons (Fsp3) is 0.115. The molecule has 1 amide bonds. The van der Waals surface area contributed by atoms with Gasteiger partial charge in [-0.1, -0.05) is 65.2 Å². The van der Waals surface area contributed by atoms with E-state index in [-0.39, 0.29) is 17.2 Å². The summed E-state index contributed by atoms with van der Waals surface area (Å²) in [5.74, 6) is -0.0765. The number of halogens is 1. The van der Waals surface area contributed by atoms with Gasteiger partial charge in [-0.05, 0) is 51.1 Å². The molecule has 6 heteroatoms. The van der Waals surface area contributed by atoms with E-state index in [1.807, 2.05) is 50.2 Å². The van der Waals surface area contributed by atoms with Crippen LogP contribution in [0.5, 0.6) is 0 Å². The highest BCUT2D eigenvalue weighted by molar-refractivity contribution is 6.33. The van der Waals surface area contributed by atoms with Crippen LogP contribution in [0, 0.1) is 20.8 Å². The lowest BCUT2D eigenvalue weighted by Crippen LogP contribution is -2.25. The Morgan fingerprint density at radius 1 is 0.875 bits per heavy atom. The van der Waals surface area contributed by atoms with Crippen molar-refractivity contribution >= 4 is 23.3 Å². The van der Waals surface area contributed by atoms with E-state index in [9.17, 15) is 9.59 Å². The Labute approximate surface area is 191 Å². The van der Waals surface area contributed by atoms with Gasteiger partial charge < -0.3 is 5.32 Å². The van der Waals surface area contributed by atoms with Gasteiger partial charge in [0.1, 0.15) is 11.5 Å². The maximum atomic E-state index is 13.3. The predicted octanol–water partition coefficient (Wildman–Crippen LogP) is 5.73. The smallest absolute Gasteiger partial charge is 0.256 e. The first kappa shape index (κ1) is 21.5. The molecule has 0 atom stereocenters. The number of hydrogen-bond acceptors (Lipinski definition) is 3. The summed E-state index contributed by atoms with van der Waals surface area (Å²) >= 11 is 6.46. The third kappa shape index (κ3) is 4.20. The average molecular weight is 444 g/mol. The van der Waals surface area contributed by atoms with E-state index in [1.165, 1.54) is 0 Å². The maximum Gasteiger partial charge on any atom is 0.256 e. The number of nitrogens with zero attached hydrogens (tertiary/aromatic N) is 2. The number of carbonyl (C=O) groups excluding carboxylic acids is 1. The number of carbonyl (C=O) groups is 1. The molecule has 0 radical (unpaired) electrons. The van der Waals surface area contributed by atoms with E-state index >= 15 is 0 Å². The summed E-state index contributed by atoms with van der Waals surface area (Å²) in [6.07, 6.45) is 0. The third-order valence-corrected chi connectivity index (χ3v) is 5.55. The minimum atomic E-state index is -0.343. The van der Waals surface area contributed by atoms with Crippen LogP contribution in [-0.4, -0.2) is 15.7 Å². The lowest BCUT2D eigenvalue weighted by molar-refractivity contribution is 0.102. The first-order valence-corrected chi connectivity index (χ1v) is 10.6. The molecule has 0 spiro atoms. The Morgan fingerprint density at radius 2 is 1.47 bits per heavy atom. The highest BCUT2D eigenvalue weighted by atomic mass is 35.5. The molecular weight excluding hydrogens is 422 g/mol. The molecule has 0 aliphatic rings. The van der Waals surface area contributed by atoms with Gasteiger partial charge in [0.25, 0.3) is 5.91 Å². The van der Waals surface area contributed by atoms with Crippen molar-refractivity contribution in [2.24, 2.45) is 0 Å². The van der Waals surface area contributed by atoms with Gasteiger partial charge in [-0.15, -0.1) is 0 Å². The number of aromatic nitrogens is 2. The van der Waals surface area contributed by atoms with Crippen molar-refractivity contribution < 1.29 is 4.79 Å². The van der Waals surface area contributed by atoms with Gasteiger partial charge in [0.05, 0.1) is 11.3 Å². The van der Waals surface area contributed by atoms with Gasteiger partial charge >= 0.3 is 0 Å². The molecule has 1 heterocycles. The molecule has 0 aliphatic heterocycles. The normalized spacial score (nSPS) is 10.8. The van der Waals surface area contributed by atoms with Gasteiger partial charge in [-0.25, -0.2) is 4.68 Å². The molecule has 0 aliphatic carbocycles. The minimum Gasteiger partial charge on any atom is -0.306 e. The number of rotatable bonds is 4. The molecular formula is C26H22ClN3O2. The fourth-order valence-corrected chi connectivity index (χ4v) is 3.66. The summed E-state index contributed by atoms with van der Waals surface area (Å²) in [5, 5.41) is 7.83. The summed E-state index contributed by atoms with van der Waals surface area (Å²) < 4.78 is 1.58. The standard InChI is InChI=1S/C26H22ClN3O2/c1-16-8-12-19(13-9-16)26(32)28-25-23(21-6-4-5-7-22(21)27)24(31)18(3)29-30(25)20-14-10-17(2)11-15-20/h4-15H,1-3H3,(H,28,32). The van der Waals surface area contributed by atoms with Crippen molar-refractivity contribution in [2.75, 3.05) is 5.32 Å². The molecule has 1 N–H and O–H groups in total. The third-order valence-electron chi connectivity index (χ3n) is 5.22. The minimum absolute atomic E-state index is 0.267. The van der Waals surface area contributed by atoms with Crippen LogP contribution in [0.4, 0.5) is 5.82 Å². The Balaban J connectivity index is 1.97. The number of nitrogens with one attached hydrogen (secondary N) is 1. The molecule has 0 saturated heterocycles. The second-order valence-electron chi connectivity index (χ2n) is 7.69. The monoisotopic (exact) mass is 443 g/mol. The summed E-state index contributed by atoms with van der Waals surface area (Å²) in [6.45, 7) is 5.60. The molecule has 4 rings (SSSR count). The van der Waals surface area contributed by atoms with Gasteiger partial charge in [0, 0.05) is 16.1 Å². The molecule has 0 fully saturated rings. The molecule has 0 bridgehead atoms. The maximum absolute atomic E-state index is 13.3. The largest absolute Gasteiger partial charge is 0.306 e. The van der Waals surface area contributed by atoms with Crippen LogP contribution in [-0.2, 0) is 0 Å². The molecule has 0 unspecified atom stereocenters. The number of aryl methyl sites for hydroxylation is 3. The predicted molar refractivity (Wildman–Crippen MR) is 129 cm³/mol. The lowest BCUT2D eigenvalue weighted by atomic mass is 10.0. The summed E-state index contributed by atoms with van der Waals surface area (Å²) in [4.78, 5) is 26.4. The molecule has 32 heavy (non-hydrogen) atoms. The number of anilines is 1. The van der Waals surface area contributed by atoms with Gasteiger partial charge in [0.15, 0.2) is 0 Å². The van der Waals surface area contributed by atoms with Crippen LogP contribution in [0.1, 0.15) is 27.2 Å². The topological polar surface area (TPSA) is 64.0 Å². The SMILES string of the molecule is Cc1ccc(C(=O)Nc2c(-c3ccccc3Cl)c(=O)c(C)nn2-c2ccc(C)cc2)cc1. The Hall–Kier alpha value is -3.70. The Morgan fingerprint density at radius 3 is 2.09 bits per heavy atom. The second-order valence-corrected chi connectivity index (χ2v) is 8.09. The molecule has 160 valence electrons. The molecule has 0 saturated carbocycles. The van der Waals surface area contributed by atoms with Crippen LogP contribution in [0.2, 0.25) is 5.02 Å². The lowest BCUT2D eigenvalue weighted by Gasteiger charge is -2.19. The Kier molecular flexibility index (Phi) is 5.93. The van der Waals surface area contributed by atoms with Crippen molar-refractivity contribution in [3.8, 4) is 16.8 Å². The highest BCUT2D eigenvalue weighted by Crippen LogP contribution is 2.32. The van der Waals surface area contributed by atoms with Gasteiger partial charge in [0.2, 0.25) is 5.43 Å². The van der Waals surface area contributed by atoms with Crippen LogP contribution in [0.3, 0.4) is 0 Å². The first-order valence-electron chi connectivity index (χ1n) is 10.2. The molecule has 5 nitrogen and oxygen atoms in total. The molecule has 3 aromatic carbocycles. The second kappa shape index (κ2) is 8.81. The van der Waals surface area contributed by atoms with Crippen LogP contribution < -0.4 is 10.7 Å². The molecule has 4 aromatic rings. The zero-order valence-corrected chi connectivity index (χ0v) is 18.8. The van der Waals surface area contributed by atoms with E-state index in [4.69, 9.17) is 11.6 Å². The first-order chi connectivity index (χ1) is 15.3. The number of hydrogen-bond donors (Lipinski definition) is 1. The van der Waals surface area contributed by atoms with Crippen molar-refractivity contribution in [1.82, 2.24) is 9.78 Å². The highest BCUT2D eigenvalue weighted by Gasteiger charge is 2.22. The van der Waals surface area contributed by atoms with Gasteiger partial charge in [-0.3, -0.25) is 9.59 Å². The average Bonchev–Trinajstić information content (AvgIpc) is 2.78. The van der Waals surface area contributed by atoms with E-state index in [0.29, 0.717) is 33.1 Å². The quantitative estimate of drug-likeness (QED) is 0.438. The van der Waals surface area contributed by atoms with Crippen molar-refractivity contribution in [3.63, 3.8) is 0 Å². The van der Waals surface area contributed by atoms with Crippen LogP contribution >= 0.6 is 11.6 Å². The zero-order valence-electron chi connectivity index (χ0n) is 18.0. The summed E-state index contributed by atoms with van der Waals surface area (Å²) in [5.41, 5.74) is 4.16. The van der Waals surface area contributed by atoms with Gasteiger partial charge in [-0.2, -0.15) is 5.10 Å². The van der Waals surface area contributed by atoms with Crippen molar-refractivity contribution in [3.05, 3.63) is 110 Å². The summed E-state index contributed by atoms with van der Waals surface area (Å²) in [6, 6.07) is 22.0. The van der Waals surface area contributed by atoms with Crippen LogP contribution in [0.25, 0.3) is 16.8 Å². The van der Waals surface area contributed by atoms with Crippen LogP contribution in [0.15, 0.2) is 77.6 Å². The fourth-order valence-electron chi connectivity index (χ4n) is 3.43. The van der Waals surface area contributed by atoms with E-state index < -0.39 is 0 Å². The van der Waals surface area contributed by atoms with Crippen molar-refractivity contribution in [1.29, 1.82) is 0 Å². The molecule has 1 aromatic heterocycles. The van der Waals surface area contributed by atoms with Crippen molar-refractivity contribution in [2.45, 2.75) is 20.8 Å². The van der Waals surface area contributed by atoms with E-state index in [0.717, 1.165) is 11.1 Å². The zero-order chi connectivity index (χ0) is 22.8. The summed E-state index contributed by atoms with van der Waals surface area (Å²) in [7, 11) is 0. The van der Waals surface area contributed by atoms with E-state index in [2.05, 4.69) is 10.4 Å². The number of amides is 1. The van der Waals surface area contributed by atoms with E-state index in [1.54, 1.807) is 48.0 Å². The Bertz CT molecular complexity index is 1360. The number of benzene rings is 3.